The normalized spacial score (nSPS) is 11.8. The largest absolute Gasteiger partial charge is 0.276 e. The second-order valence-corrected chi connectivity index (χ2v) is 11.4. The highest BCUT2D eigenvalue weighted by Crippen LogP contribution is 2.44. The summed E-state index contributed by atoms with van der Waals surface area (Å²) in [5.41, 5.74) is 4.96. The van der Waals surface area contributed by atoms with Crippen LogP contribution in [0.5, 0.6) is 0 Å². The molecular formula is C36H21N5S. The molecule has 9 aromatic rings. The van der Waals surface area contributed by atoms with Gasteiger partial charge in [-0.25, -0.2) is 4.98 Å². The molecule has 0 spiro atoms. The van der Waals surface area contributed by atoms with Crippen LogP contribution in [0.4, 0.5) is 0 Å². The van der Waals surface area contributed by atoms with Gasteiger partial charge in [-0.2, -0.15) is 9.97 Å². The molecule has 9 rings (SSSR count). The number of hydrogen-bond donors (Lipinski definition) is 0. The summed E-state index contributed by atoms with van der Waals surface area (Å²) >= 11 is 1.81. The van der Waals surface area contributed by atoms with Gasteiger partial charge >= 0.3 is 0 Å². The zero-order valence-electron chi connectivity index (χ0n) is 22.3. The molecule has 0 aliphatic rings. The van der Waals surface area contributed by atoms with Crippen LogP contribution in [-0.2, 0) is 0 Å². The molecule has 0 atom stereocenters. The number of benzene rings is 5. The van der Waals surface area contributed by atoms with Gasteiger partial charge in [0.05, 0.1) is 21.3 Å². The van der Waals surface area contributed by atoms with Gasteiger partial charge in [0, 0.05) is 49.0 Å². The molecule has 5 nitrogen and oxygen atoms in total. The van der Waals surface area contributed by atoms with E-state index in [1.807, 2.05) is 84.3 Å². The lowest BCUT2D eigenvalue weighted by atomic mass is 10.1. The van der Waals surface area contributed by atoms with Gasteiger partial charge in [-0.05, 0) is 30.3 Å². The van der Waals surface area contributed by atoms with Crippen molar-refractivity contribution in [1.82, 2.24) is 24.5 Å². The quantitative estimate of drug-likeness (QED) is 0.218. The fourth-order valence-corrected chi connectivity index (χ4v) is 7.26. The summed E-state index contributed by atoms with van der Waals surface area (Å²) in [5, 5.41) is 5.86. The van der Waals surface area contributed by atoms with Crippen molar-refractivity contribution in [2.24, 2.45) is 0 Å². The molecule has 5 aromatic carbocycles. The molecule has 0 N–H and O–H groups in total. The summed E-state index contributed by atoms with van der Waals surface area (Å²) in [6.07, 6.45) is 1.84. The van der Waals surface area contributed by atoms with Gasteiger partial charge in [-0.1, -0.05) is 91.0 Å². The van der Waals surface area contributed by atoms with Crippen molar-refractivity contribution in [2.75, 3.05) is 0 Å². The Bertz CT molecular complexity index is 2400. The first kappa shape index (κ1) is 23.3. The van der Waals surface area contributed by atoms with Crippen LogP contribution in [0.1, 0.15) is 0 Å². The molecule has 4 heterocycles. The standard InChI is InChI=1S/C36H21N5S/c1-3-10-22(11-4-1)34-38-35(23-12-5-2-6-13-23)40-36(39-34)41-31-25(19-20-29-28(31)15-9-21-37-29)26-17-18-27-24-14-7-8-16-30(24)42-33(27)32(26)41/h1-21H. The first-order valence-electron chi connectivity index (χ1n) is 13.8. The third-order valence-electron chi connectivity index (χ3n) is 7.90. The summed E-state index contributed by atoms with van der Waals surface area (Å²) in [5.74, 6) is 1.86. The van der Waals surface area contributed by atoms with E-state index in [0.717, 1.165) is 43.8 Å². The number of nitrogens with zero attached hydrogens (tertiary/aromatic N) is 5. The minimum absolute atomic E-state index is 0.587. The number of pyridine rings is 1. The SMILES string of the molecule is c1ccc(-c2nc(-c3ccccc3)nc(-n3c4c5cccnc5ccc4c4ccc5c6ccccc6sc5c43)n2)cc1. The molecule has 0 bridgehead atoms. The number of aromatic nitrogens is 5. The third kappa shape index (κ3) is 3.42. The Hall–Kier alpha value is -5.46. The summed E-state index contributed by atoms with van der Waals surface area (Å²) in [7, 11) is 0. The van der Waals surface area contributed by atoms with Crippen LogP contribution < -0.4 is 0 Å². The Morgan fingerprint density at radius 2 is 1.10 bits per heavy atom. The van der Waals surface area contributed by atoms with E-state index in [1.54, 1.807) is 0 Å². The lowest BCUT2D eigenvalue weighted by Gasteiger charge is -2.12. The van der Waals surface area contributed by atoms with E-state index in [9.17, 15) is 0 Å². The first-order chi connectivity index (χ1) is 20.8. The van der Waals surface area contributed by atoms with Gasteiger partial charge in [-0.3, -0.25) is 9.55 Å². The fourth-order valence-electron chi connectivity index (χ4n) is 6.02. The van der Waals surface area contributed by atoms with Crippen LogP contribution in [-0.4, -0.2) is 24.5 Å². The van der Waals surface area contributed by atoms with Crippen molar-refractivity contribution in [3.63, 3.8) is 0 Å². The minimum Gasteiger partial charge on any atom is -0.276 e. The summed E-state index contributed by atoms with van der Waals surface area (Å²) < 4.78 is 4.71. The lowest BCUT2D eigenvalue weighted by molar-refractivity contribution is 0.957. The van der Waals surface area contributed by atoms with Crippen LogP contribution in [0.2, 0.25) is 0 Å². The Kier molecular flexibility index (Phi) is 5.00. The van der Waals surface area contributed by atoms with Crippen molar-refractivity contribution in [3.05, 3.63) is 128 Å². The van der Waals surface area contributed by atoms with Crippen molar-refractivity contribution in [3.8, 4) is 28.7 Å². The van der Waals surface area contributed by atoms with E-state index in [-0.39, 0.29) is 0 Å². The molecule has 0 saturated heterocycles. The number of thiophene rings is 1. The van der Waals surface area contributed by atoms with Crippen molar-refractivity contribution < 1.29 is 0 Å². The van der Waals surface area contributed by atoms with Crippen molar-refractivity contribution >= 4 is 64.2 Å². The molecule has 0 fully saturated rings. The van der Waals surface area contributed by atoms with E-state index < -0.39 is 0 Å². The molecule has 42 heavy (non-hydrogen) atoms. The van der Waals surface area contributed by atoms with Gasteiger partial charge in [0.15, 0.2) is 11.6 Å². The van der Waals surface area contributed by atoms with E-state index >= 15 is 0 Å². The van der Waals surface area contributed by atoms with Crippen LogP contribution in [0, 0.1) is 0 Å². The maximum Gasteiger partial charge on any atom is 0.238 e. The average Bonchev–Trinajstić information content (AvgIpc) is 3.62. The van der Waals surface area contributed by atoms with Gasteiger partial charge < -0.3 is 0 Å². The maximum absolute atomic E-state index is 5.16. The van der Waals surface area contributed by atoms with Gasteiger partial charge in [0.2, 0.25) is 5.95 Å². The van der Waals surface area contributed by atoms with Crippen molar-refractivity contribution in [2.45, 2.75) is 0 Å². The van der Waals surface area contributed by atoms with E-state index in [1.165, 1.54) is 20.2 Å². The summed E-state index contributed by atoms with van der Waals surface area (Å²) in [4.78, 5) is 20.0. The molecule has 0 saturated carbocycles. The second kappa shape index (κ2) is 9.03. The topological polar surface area (TPSA) is 56.5 Å². The van der Waals surface area contributed by atoms with Gasteiger partial charge in [0.25, 0.3) is 0 Å². The molecule has 6 heteroatoms. The minimum atomic E-state index is 0.587. The van der Waals surface area contributed by atoms with Crippen LogP contribution in [0.3, 0.4) is 0 Å². The Morgan fingerprint density at radius 3 is 1.86 bits per heavy atom. The molecule has 0 aliphatic heterocycles. The molecular weight excluding hydrogens is 534 g/mol. The molecule has 0 unspecified atom stereocenters. The zero-order valence-corrected chi connectivity index (χ0v) is 23.1. The number of hydrogen-bond acceptors (Lipinski definition) is 5. The first-order valence-corrected chi connectivity index (χ1v) is 14.6. The van der Waals surface area contributed by atoms with E-state index in [4.69, 9.17) is 19.9 Å². The Morgan fingerprint density at radius 1 is 0.476 bits per heavy atom. The second-order valence-electron chi connectivity index (χ2n) is 10.3. The number of rotatable bonds is 3. The molecule has 0 aliphatic carbocycles. The van der Waals surface area contributed by atoms with Crippen LogP contribution in [0.25, 0.3) is 81.6 Å². The highest BCUT2D eigenvalue weighted by atomic mass is 32.1. The highest BCUT2D eigenvalue weighted by Gasteiger charge is 2.22. The van der Waals surface area contributed by atoms with Gasteiger partial charge in [0.1, 0.15) is 0 Å². The lowest BCUT2D eigenvalue weighted by Crippen LogP contribution is -2.06. The average molecular weight is 556 g/mol. The third-order valence-corrected chi connectivity index (χ3v) is 9.10. The smallest absolute Gasteiger partial charge is 0.238 e. The molecule has 0 amide bonds. The van der Waals surface area contributed by atoms with Crippen LogP contribution >= 0.6 is 11.3 Å². The Balaban J connectivity index is 1.49. The monoisotopic (exact) mass is 555 g/mol. The highest BCUT2D eigenvalue weighted by molar-refractivity contribution is 7.26. The summed E-state index contributed by atoms with van der Waals surface area (Å²) in [6.45, 7) is 0. The fraction of sp³-hybridized carbons (Fsp3) is 0. The molecule has 196 valence electrons. The summed E-state index contributed by atoms with van der Waals surface area (Å²) in [6, 6.07) is 41.8. The van der Waals surface area contributed by atoms with E-state index in [2.05, 4.69) is 59.2 Å². The maximum atomic E-state index is 5.16. The predicted octanol–water partition coefficient (Wildman–Crippen LogP) is 9.22. The van der Waals surface area contributed by atoms with Crippen molar-refractivity contribution in [1.29, 1.82) is 0 Å². The predicted molar refractivity (Wildman–Crippen MR) is 173 cm³/mol. The zero-order chi connectivity index (χ0) is 27.6. The number of fused-ring (bicyclic) bond motifs is 9. The molecule has 0 radical (unpaired) electrons. The van der Waals surface area contributed by atoms with E-state index in [0.29, 0.717) is 17.6 Å². The Labute approximate surface area is 244 Å². The van der Waals surface area contributed by atoms with Crippen LogP contribution in [0.15, 0.2) is 128 Å². The molecule has 4 aromatic heterocycles. The van der Waals surface area contributed by atoms with Gasteiger partial charge in [-0.15, -0.1) is 11.3 Å².